The maximum Gasteiger partial charge on any atom is 0.253 e. The van der Waals surface area contributed by atoms with E-state index in [0.717, 1.165) is 24.8 Å². The third-order valence-electron chi connectivity index (χ3n) is 5.08. The minimum atomic E-state index is -3.39. The normalized spacial score (nSPS) is 18.1. The highest BCUT2D eigenvalue weighted by molar-refractivity contribution is 7.92. The van der Waals surface area contributed by atoms with E-state index in [1.165, 1.54) is 11.8 Å². The highest BCUT2D eigenvalue weighted by Crippen LogP contribution is 2.31. The van der Waals surface area contributed by atoms with Gasteiger partial charge < -0.3 is 4.90 Å². The Bertz CT molecular complexity index is 943. The van der Waals surface area contributed by atoms with Crippen LogP contribution in [-0.4, -0.2) is 48.8 Å². The molecule has 1 aromatic heterocycles. The number of sulfonamides is 1. The summed E-state index contributed by atoms with van der Waals surface area (Å²) in [5, 5.41) is 6.89. The summed E-state index contributed by atoms with van der Waals surface area (Å²) in [6, 6.07) is 7.80. The fourth-order valence-electron chi connectivity index (χ4n) is 3.58. The zero-order valence-corrected chi connectivity index (χ0v) is 17.6. The summed E-state index contributed by atoms with van der Waals surface area (Å²) in [6.07, 6.45) is 4.31. The van der Waals surface area contributed by atoms with E-state index >= 15 is 0 Å². The molecule has 0 saturated carbocycles. The lowest BCUT2D eigenvalue weighted by Gasteiger charge is -2.33. The molecule has 2 N–H and O–H groups in total. The van der Waals surface area contributed by atoms with Crippen molar-refractivity contribution in [3.8, 4) is 0 Å². The van der Waals surface area contributed by atoms with Crippen molar-refractivity contribution >= 4 is 21.6 Å². The molecule has 1 aliphatic rings. The number of aromatic nitrogens is 2. The van der Waals surface area contributed by atoms with Crippen LogP contribution < -0.4 is 4.72 Å². The number of hydrogen-bond donors (Lipinski definition) is 2. The SMILES string of the molecule is CC(C)(C)c1ccc(C(=O)N2CCCC(c3[nH]ncc3NS(C)(=O)=O)C2)cc1. The molecule has 1 aliphatic heterocycles. The van der Waals surface area contributed by atoms with Crippen LogP contribution in [0.1, 0.15) is 61.1 Å². The van der Waals surface area contributed by atoms with Crippen LogP contribution in [0.2, 0.25) is 0 Å². The van der Waals surface area contributed by atoms with Crippen molar-refractivity contribution in [1.29, 1.82) is 0 Å². The van der Waals surface area contributed by atoms with Crippen molar-refractivity contribution in [2.45, 2.75) is 44.9 Å². The maximum atomic E-state index is 13.0. The van der Waals surface area contributed by atoms with Crippen LogP contribution in [0.4, 0.5) is 5.69 Å². The van der Waals surface area contributed by atoms with Crippen LogP contribution in [-0.2, 0) is 15.4 Å². The lowest BCUT2D eigenvalue weighted by atomic mass is 9.86. The van der Waals surface area contributed by atoms with E-state index < -0.39 is 10.0 Å². The molecule has 1 aromatic carbocycles. The van der Waals surface area contributed by atoms with Crippen molar-refractivity contribution in [1.82, 2.24) is 15.1 Å². The number of hydrogen-bond acceptors (Lipinski definition) is 4. The summed E-state index contributed by atoms with van der Waals surface area (Å²) in [5.74, 6) is 0.0144. The fraction of sp³-hybridized carbons (Fsp3) is 0.500. The summed E-state index contributed by atoms with van der Waals surface area (Å²) in [6.45, 7) is 7.66. The van der Waals surface area contributed by atoms with Crippen LogP contribution in [0.3, 0.4) is 0 Å². The van der Waals surface area contributed by atoms with Crippen molar-refractivity contribution in [2.75, 3.05) is 24.1 Å². The summed E-state index contributed by atoms with van der Waals surface area (Å²) in [7, 11) is -3.39. The number of likely N-dealkylation sites (tertiary alicyclic amines) is 1. The lowest BCUT2D eigenvalue weighted by Crippen LogP contribution is -2.39. The van der Waals surface area contributed by atoms with Gasteiger partial charge in [-0.25, -0.2) is 8.42 Å². The van der Waals surface area contributed by atoms with E-state index in [-0.39, 0.29) is 17.2 Å². The number of nitrogens with zero attached hydrogens (tertiary/aromatic N) is 2. The molecule has 0 bridgehead atoms. The van der Waals surface area contributed by atoms with Gasteiger partial charge in [0.15, 0.2) is 0 Å². The largest absolute Gasteiger partial charge is 0.338 e. The maximum absolute atomic E-state index is 13.0. The first-order chi connectivity index (χ1) is 13.0. The second kappa shape index (κ2) is 7.58. The van der Waals surface area contributed by atoms with Gasteiger partial charge in [-0.1, -0.05) is 32.9 Å². The molecule has 152 valence electrons. The molecular weight excluding hydrogens is 376 g/mol. The average molecular weight is 405 g/mol. The molecule has 3 rings (SSSR count). The van der Waals surface area contributed by atoms with Gasteiger partial charge in [-0.05, 0) is 36.0 Å². The molecule has 1 fully saturated rings. The Morgan fingerprint density at radius 1 is 1.25 bits per heavy atom. The number of anilines is 1. The predicted octanol–water partition coefficient (Wildman–Crippen LogP) is 3.10. The van der Waals surface area contributed by atoms with Gasteiger partial charge in [0.25, 0.3) is 5.91 Å². The predicted molar refractivity (Wildman–Crippen MR) is 110 cm³/mol. The molecule has 1 amide bonds. The summed E-state index contributed by atoms with van der Waals surface area (Å²) in [4.78, 5) is 14.8. The van der Waals surface area contributed by atoms with Gasteiger partial charge in [0.2, 0.25) is 10.0 Å². The molecule has 1 unspecified atom stereocenters. The number of amides is 1. The Labute approximate surface area is 166 Å². The van der Waals surface area contributed by atoms with Gasteiger partial charge in [-0.2, -0.15) is 5.10 Å². The second-order valence-corrected chi connectivity index (χ2v) is 10.2. The molecule has 8 heteroatoms. The number of rotatable bonds is 4. The van der Waals surface area contributed by atoms with Crippen molar-refractivity contribution in [3.63, 3.8) is 0 Å². The standard InChI is InChI=1S/C20H28N4O3S/c1-20(2,3)16-9-7-14(8-10-16)19(25)24-11-5-6-15(13-24)18-17(12-21-22-18)23-28(4,26)27/h7-10,12,15,23H,5-6,11,13H2,1-4H3,(H,21,22). The number of aromatic amines is 1. The molecular formula is C20H28N4O3S. The number of carbonyl (C=O) groups is 1. The van der Waals surface area contributed by atoms with E-state index in [0.29, 0.717) is 24.3 Å². The fourth-order valence-corrected chi connectivity index (χ4v) is 4.14. The van der Waals surface area contributed by atoms with Gasteiger partial charge in [-0.3, -0.25) is 14.6 Å². The van der Waals surface area contributed by atoms with E-state index in [4.69, 9.17) is 0 Å². The molecule has 2 heterocycles. The molecule has 28 heavy (non-hydrogen) atoms. The van der Waals surface area contributed by atoms with Crippen LogP contribution in [0.5, 0.6) is 0 Å². The first-order valence-electron chi connectivity index (χ1n) is 9.45. The minimum Gasteiger partial charge on any atom is -0.338 e. The van der Waals surface area contributed by atoms with Crippen molar-refractivity contribution < 1.29 is 13.2 Å². The Kier molecular flexibility index (Phi) is 5.52. The number of benzene rings is 1. The molecule has 7 nitrogen and oxygen atoms in total. The third-order valence-corrected chi connectivity index (χ3v) is 5.67. The van der Waals surface area contributed by atoms with Crippen LogP contribution in [0.15, 0.2) is 30.5 Å². The van der Waals surface area contributed by atoms with E-state index in [1.807, 2.05) is 29.2 Å². The Balaban J connectivity index is 1.75. The molecule has 0 radical (unpaired) electrons. The van der Waals surface area contributed by atoms with Gasteiger partial charge in [0.1, 0.15) is 0 Å². The number of carbonyl (C=O) groups excluding carboxylic acids is 1. The van der Waals surface area contributed by atoms with Gasteiger partial charge in [0, 0.05) is 24.6 Å². The third kappa shape index (κ3) is 4.73. The first kappa shape index (κ1) is 20.4. The summed E-state index contributed by atoms with van der Waals surface area (Å²) >= 11 is 0. The topological polar surface area (TPSA) is 95.2 Å². The quantitative estimate of drug-likeness (QED) is 0.818. The van der Waals surface area contributed by atoms with Gasteiger partial charge >= 0.3 is 0 Å². The van der Waals surface area contributed by atoms with Crippen molar-refractivity contribution in [3.05, 3.63) is 47.3 Å². The van der Waals surface area contributed by atoms with E-state index in [2.05, 4.69) is 35.7 Å². The van der Waals surface area contributed by atoms with Crippen LogP contribution in [0, 0.1) is 0 Å². The molecule has 0 spiro atoms. The monoisotopic (exact) mass is 404 g/mol. The Morgan fingerprint density at radius 3 is 2.54 bits per heavy atom. The van der Waals surface area contributed by atoms with Crippen LogP contribution >= 0.6 is 0 Å². The van der Waals surface area contributed by atoms with E-state index in [9.17, 15) is 13.2 Å². The summed E-state index contributed by atoms with van der Waals surface area (Å²) < 4.78 is 25.6. The zero-order chi connectivity index (χ0) is 20.5. The zero-order valence-electron chi connectivity index (χ0n) is 16.8. The Hall–Kier alpha value is -2.35. The van der Waals surface area contributed by atoms with Crippen LogP contribution in [0.25, 0.3) is 0 Å². The first-order valence-corrected chi connectivity index (χ1v) is 11.3. The average Bonchev–Trinajstić information content (AvgIpc) is 3.07. The lowest BCUT2D eigenvalue weighted by molar-refractivity contribution is 0.0706. The number of H-pyrrole nitrogens is 1. The minimum absolute atomic E-state index is 0.00213. The Morgan fingerprint density at radius 2 is 1.93 bits per heavy atom. The smallest absolute Gasteiger partial charge is 0.253 e. The molecule has 1 saturated heterocycles. The van der Waals surface area contributed by atoms with Gasteiger partial charge in [0.05, 0.1) is 23.8 Å². The number of nitrogens with one attached hydrogen (secondary N) is 2. The molecule has 2 aromatic rings. The van der Waals surface area contributed by atoms with Crippen molar-refractivity contribution in [2.24, 2.45) is 0 Å². The molecule has 0 aliphatic carbocycles. The number of piperidine rings is 1. The summed E-state index contributed by atoms with van der Waals surface area (Å²) in [5.41, 5.74) is 3.09. The highest BCUT2D eigenvalue weighted by atomic mass is 32.2. The van der Waals surface area contributed by atoms with Gasteiger partial charge in [-0.15, -0.1) is 0 Å². The highest BCUT2D eigenvalue weighted by Gasteiger charge is 2.28. The molecule has 1 atom stereocenters. The van der Waals surface area contributed by atoms with E-state index in [1.54, 1.807) is 0 Å². The second-order valence-electron chi connectivity index (χ2n) is 8.49.